The van der Waals surface area contributed by atoms with Gasteiger partial charge in [0.25, 0.3) is 0 Å². The quantitative estimate of drug-likeness (QED) is 0.166. The lowest BCUT2D eigenvalue weighted by molar-refractivity contribution is 0.690. The van der Waals surface area contributed by atoms with Gasteiger partial charge in [-0.25, -0.2) is 0 Å². The van der Waals surface area contributed by atoms with Crippen LogP contribution in [0.15, 0.2) is 224 Å². The molecule has 8 aromatic carbocycles. The molecule has 0 saturated carbocycles. The van der Waals surface area contributed by atoms with E-state index in [1.54, 1.807) is 0 Å². The SMILES string of the molecule is C1=CC(c2ccccc2)C(N(c2cc(-c3ccccc3)cc(-c3ccccc3)c2)c2cccc3c2-c2ccccc2C32c3ccccc3-c3ccccc32)C=C1. The second-order valence-electron chi connectivity index (χ2n) is 15.2. The summed E-state index contributed by atoms with van der Waals surface area (Å²) in [6.07, 6.45) is 9.24. The highest BCUT2D eigenvalue weighted by Gasteiger charge is 2.52. The van der Waals surface area contributed by atoms with Crippen LogP contribution in [0.4, 0.5) is 11.4 Å². The van der Waals surface area contributed by atoms with Gasteiger partial charge in [0.2, 0.25) is 0 Å². The molecular formula is C55H39N. The highest BCUT2D eigenvalue weighted by Crippen LogP contribution is 2.64. The summed E-state index contributed by atoms with van der Waals surface area (Å²) in [5, 5.41) is 0. The summed E-state index contributed by atoms with van der Waals surface area (Å²) in [4.78, 5) is 2.65. The highest BCUT2D eigenvalue weighted by atomic mass is 15.2. The van der Waals surface area contributed by atoms with Crippen molar-refractivity contribution in [2.24, 2.45) is 0 Å². The third-order valence-electron chi connectivity index (χ3n) is 12.3. The Balaban J connectivity index is 1.23. The minimum Gasteiger partial charge on any atom is -0.333 e. The van der Waals surface area contributed by atoms with Gasteiger partial charge >= 0.3 is 0 Å². The Morgan fingerprint density at radius 3 is 1.46 bits per heavy atom. The van der Waals surface area contributed by atoms with Gasteiger partial charge in [-0.1, -0.05) is 200 Å². The van der Waals surface area contributed by atoms with Crippen LogP contribution < -0.4 is 4.90 Å². The van der Waals surface area contributed by atoms with E-state index >= 15 is 0 Å². The second kappa shape index (κ2) is 13.1. The molecule has 0 amide bonds. The van der Waals surface area contributed by atoms with Crippen LogP contribution in [-0.4, -0.2) is 6.04 Å². The summed E-state index contributed by atoms with van der Waals surface area (Å²) in [7, 11) is 0. The first-order valence-electron chi connectivity index (χ1n) is 19.7. The lowest BCUT2D eigenvalue weighted by Crippen LogP contribution is -2.36. The zero-order chi connectivity index (χ0) is 37.1. The molecule has 56 heavy (non-hydrogen) atoms. The van der Waals surface area contributed by atoms with Gasteiger partial charge in [0.15, 0.2) is 0 Å². The molecule has 11 rings (SSSR count). The zero-order valence-corrected chi connectivity index (χ0v) is 31.0. The predicted octanol–water partition coefficient (Wildman–Crippen LogP) is 13.8. The van der Waals surface area contributed by atoms with E-state index in [4.69, 9.17) is 0 Å². The molecular weight excluding hydrogens is 675 g/mol. The minimum atomic E-state index is -0.428. The number of fused-ring (bicyclic) bond motifs is 10. The summed E-state index contributed by atoms with van der Waals surface area (Å²) in [6.45, 7) is 0. The van der Waals surface area contributed by atoms with Crippen LogP contribution in [0.2, 0.25) is 0 Å². The van der Waals surface area contributed by atoms with Gasteiger partial charge in [0, 0.05) is 22.9 Å². The van der Waals surface area contributed by atoms with Crippen LogP contribution in [0.5, 0.6) is 0 Å². The molecule has 1 heteroatoms. The number of rotatable bonds is 6. The number of allylic oxidation sites excluding steroid dienone is 2. The Bertz CT molecular complexity index is 2710. The van der Waals surface area contributed by atoms with E-state index in [-0.39, 0.29) is 12.0 Å². The third kappa shape index (κ3) is 4.87. The van der Waals surface area contributed by atoms with E-state index < -0.39 is 5.41 Å². The molecule has 3 aliphatic rings. The average Bonchev–Trinajstić information content (AvgIpc) is 3.75. The van der Waals surface area contributed by atoms with Crippen LogP contribution in [0.25, 0.3) is 44.5 Å². The molecule has 0 fully saturated rings. The van der Waals surface area contributed by atoms with E-state index in [1.165, 1.54) is 78.0 Å². The normalized spacial score (nSPS) is 16.6. The maximum absolute atomic E-state index is 2.65. The van der Waals surface area contributed by atoms with Crippen molar-refractivity contribution in [3.8, 4) is 44.5 Å². The Kier molecular flexibility index (Phi) is 7.60. The molecule has 8 aromatic rings. The Labute approximate surface area is 329 Å². The van der Waals surface area contributed by atoms with E-state index in [0.29, 0.717) is 0 Å². The topological polar surface area (TPSA) is 3.24 Å². The van der Waals surface area contributed by atoms with Crippen molar-refractivity contribution in [1.29, 1.82) is 0 Å². The Morgan fingerprint density at radius 2 is 0.857 bits per heavy atom. The van der Waals surface area contributed by atoms with E-state index in [9.17, 15) is 0 Å². The molecule has 0 aromatic heterocycles. The number of hydrogen-bond donors (Lipinski definition) is 0. The van der Waals surface area contributed by atoms with Crippen LogP contribution in [0.3, 0.4) is 0 Å². The number of anilines is 2. The highest BCUT2D eigenvalue weighted by molar-refractivity contribution is 6.00. The molecule has 3 aliphatic carbocycles. The minimum absolute atomic E-state index is 0.00425. The first kappa shape index (κ1) is 32.5. The van der Waals surface area contributed by atoms with Crippen LogP contribution >= 0.6 is 0 Å². The van der Waals surface area contributed by atoms with Crippen molar-refractivity contribution in [3.05, 3.63) is 252 Å². The summed E-state index contributed by atoms with van der Waals surface area (Å²) in [5.41, 5.74) is 18.7. The molecule has 0 saturated heterocycles. The number of benzene rings is 8. The molecule has 1 nitrogen and oxygen atoms in total. The first-order chi connectivity index (χ1) is 27.8. The largest absolute Gasteiger partial charge is 0.333 e. The van der Waals surface area contributed by atoms with Crippen molar-refractivity contribution >= 4 is 11.4 Å². The third-order valence-corrected chi connectivity index (χ3v) is 12.3. The maximum Gasteiger partial charge on any atom is 0.0726 e. The molecule has 264 valence electrons. The fourth-order valence-corrected chi connectivity index (χ4v) is 9.97. The Morgan fingerprint density at radius 1 is 0.375 bits per heavy atom. The van der Waals surface area contributed by atoms with Gasteiger partial charge in [0.05, 0.1) is 11.5 Å². The molecule has 0 heterocycles. The molecule has 0 N–H and O–H groups in total. The molecule has 2 atom stereocenters. The standard InChI is InChI=1S/C55H39N/c1-4-19-38(20-5-1)41-35-42(39-21-6-2-7-22-39)37-43(36-41)56(52-33-17-13-25-44(52)40-23-8-3-9-24-40)53-34-18-32-51-54(53)47-28-12-16-31-50(47)55(51)48-29-14-10-26-45(48)46-27-11-15-30-49(46)55/h1-37,44,52H. The van der Waals surface area contributed by atoms with E-state index in [2.05, 4.69) is 229 Å². The summed E-state index contributed by atoms with van der Waals surface area (Å²) >= 11 is 0. The van der Waals surface area contributed by atoms with Crippen molar-refractivity contribution < 1.29 is 0 Å². The molecule has 2 unspecified atom stereocenters. The Hall–Kier alpha value is -6.96. The van der Waals surface area contributed by atoms with Crippen LogP contribution in [0.1, 0.15) is 33.7 Å². The summed E-state index contributed by atoms with van der Waals surface area (Å²) in [5.74, 6) is 0.121. The van der Waals surface area contributed by atoms with Gasteiger partial charge in [-0.3, -0.25) is 0 Å². The monoisotopic (exact) mass is 713 g/mol. The fraction of sp³-hybridized carbons (Fsp3) is 0.0545. The van der Waals surface area contributed by atoms with E-state index in [1.807, 2.05) is 0 Å². The predicted molar refractivity (Wildman–Crippen MR) is 233 cm³/mol. The lowest BCUT2D eigenvalue weighted by Gasteiger charge is -2.39. The molecule has 0 aliphatic heterocycles. The molecule has 0 bridgehead atoms. The zero-order valence-electron chi connectivity index (χ0n) is 31.0. The fourth-order valence-electron chi connectivity index (χ4n) is 9.97. The van der Waals surface area contributed by atoms with Gasteiger partial charge < -0.3 is 4.90 Å². The first-order valence-corrected chi connectivity index (χ1v) is 19.7. The smallest absolute Gasteiger partial charge is 0.0726 e. The second-order valence-corrected chi connectivity index (χ2v) is 15.2. The number of nitrogens with zero attached hydrogens (tertiary/aromatic N) is 1. The molecule has 1 spiro atoms. The maximum atomic E-state index is 2.65. The van der Waals surface area contributed by atoms with Crippen molar-refractivity contribution in [1.82, 2.24) is 0 Å². The van der Waals surface area contributed by atoms with Gasteiger partial charge in [0.1, 0.15) is 0 Å². The van der Waals surface area contributed by atoms with Crippen molar-refractivity contribution in [2.45, 2.75) is 17.4 Å². The summed E-state index contributed by atoms with van der Waals surface area (Å²) < 4.78 is 0. The van der Waals surface area contributed by atoms with Crippen LogP contribution in [-0.2, 0) is 5.41 Å². The van der Waals surface area contributed by atoms with Gasteiger partial charge in [-0.15, -0.1) is 0 Å². The van der Waals surface area contributed by atoms with Crippen molar-refractivity contribution in [2.75, 3.05) is 4.90 Å². The van der Waals surface area contributed by atoms with Crippen LogP contribution in [0, 0.1) is 0 Å². The van der Waals surface area contributed by atoms with E-state index in [0.717, 1.165) is 5.69 Å². The average molecular weight is 714 g/mol. The van der Waals surface area contributed by atoms with Gasteiger partial charge in [-0.2, -0.15) is 0 Å². The molecule has 0 radical (unpaired) electrons. The van der Waals surface area contributed by atoms with Gasteiger partial charge in [-0.05, 0) is 91.0 Å². The number of hydrogen-bond acceptors (Lipinski definition) is 1. The van der Waals surface area contributed by atoms with Crippen molar-refractivity contribution in [3.63, 3.8) is 0 Å². The summed E-state index contributed by atoms with van der Waals surface area (Å²) in [6, 6.07) is 74.2. The lowest BCUT2D eigenvalue weighted by atomic mass is 9.70.